The molecule has 2 heterocycles. The summed E-state index contributed by atoms with van der Waals surface area (Å²) in [5.41, 5.74) is 0.555. The Hall–Kier alpha value is -2.89. The molecule has 0 bridgehead atoms. The van der Waals surface area contributed by atoms with Crippen molar-refractivity contribution in [2.75, 3.05) is 24.3 Å². The number of ether oxygens (including phenoxy) is 2. The smallest absolute Gasteiger partial charge is 0.263 e. The third-order valence-electron chi connectivity index (χ3n) is 3.59. The lowest BCUT2D eigenvalue weighted by molar-refractivity contribution is 0.413. The molecule has 0 aliphatic carbocycles. The van der Waals surface area contributed by atoms with Crippen LogP contribution in [-0.2, 0) is 10.0 Å². The van der Waals surface area contributed by atoms with Crippen LogP contribution >= 0.6 is 23.2 Å². The van der Waals surface area contributed by atoms with E-state index < -0.39 is 10.0 Å². The number of halogens is 2. The molecule has 3 aromatic rings. The number of hydrogen-bond donors (Lipinski definition) is 2. The molecule has 10 nitrogen and oxygen atoms in total. The van der Waals surface area contributed by atoms with Gasteiger partial charge < -0.3 is 14.8 Å². The molecule has 0 saturated carbocycles. The van der Waals surface area contributed by atoms with Crippen LogP contribution in [0.25, 0.3) is 0 Å². The second-order valence-electron chi connectivity index (χ2n) is 5.35. The first-order chi connectivity index (χ1) is 13.9. The predicted octanol–water partition coefficient (Wildman–Crippen LogP) is 3.14. The van der Waals surface area contributed by atoms with Gasteiger partial charge in [-0.25, -0.2) is 28.4 Å². The molecule has 0 atom stereocenters. The van der Waals surface area contributed by atoms with Gasteiger partial charge in [-0.15, -0.1) is 0 Å². The van der Waals surface area contributed by atoms with Crippen LogP contribution in [0.15, 0.2) is 41.8 Å². The normalized spacial score (nSPS) is 11.0. The van der Waals surface area contributed by atoms with Crippen LogP contribution in [0.2, 0.25) is 10.3 Å². The quantitative estimate of drug-likeness (QED) is 0.514. The summed E-state index contributed by atoms with van der Waals surface area (Å²) in [6.07, 6.45) is 2.39. The monoisotopic (exact) mass is 456 g/mol. The molecular formula is C16H14Cl2N6O4S. The second-order valence-corrected chi connectivity index (χ2v) is 7.75. The summed E-state index contributed by atoms with van der Waals surface area (Å²) >= 11 is 11.8. The van der Waals surface area contributed by atoms with Crippen molar-refractivity contribution in [2.24, 2.45) is 0 Å². The van der Waals surface area contributed by atoms with E-state index in [4.69, 9.17) is 32.7 Å². The van der Waals surface area contributed by atoms with Crippen molar-refractivity contribution in [2.45, 2.75) is 4.90 Å². The van der Waals surface area contributed by atoms with E-state index in [2.05, 4.69) is 30.0 Å². The molecule has 29 heavy (non-hydrogen) atoms. The van der Waals surface area contributed by atoms with Crippen molar-refractivity contribution in [3.63, 3.8) is 0 Å². The Morgan fingerprint density at radius 1 is 0.828 bits per heavy atom. The fraction of sp³-hybridized carbons (Fsp3) is 0.125. The summed E-state index contributed by atoms with van der Waals surface area (Å²) in [6.45, 7) is 0. The van der Waals surface area contributed by atoms with E-state index in [0.717, 1.165) is 6.33 Å². The Morgan fingerprint density at radius 2 is 1.34 bits per heavy atom. The fourth-order valence-electron chi connectivity index (χ4n) is 2.27. The Balaban J connectivity index is 1.83. The number of anilines is 3. The lowest BCUT2D eigenvalue weighted by Gasteiger charge is -2.12. The second kappa shape index (κ2) is 8.64. The van der Waals surface area contributed by atoms with Crippen LogP contribution in [0.5, 0.6) is 11.5 Å². The minimum Gasteiger partial charge on any atom is -0.490 e. The first kappa shape index (κ1) is 20.8. The summed E-state index contributed by atoms with van der Waals surface area (Å²) in [5.74, 6) is 0.542. The summed E-state index contributed by atoms with van der Waals surface area (Å²) < 4.78 is 37.8. The number of nitrogens with zero attached hydrogens (tertiary/aromatic N) is 4. The average Bonchev–Trinajstić information content (AvgIpc) is 2.68. The van der Waals surface area contributed by atoms with Gasteiger partial charge in [-0.05, 0) is 24.3 Å². The molecule has 0 spiro atoms. The zero-order chi connectivity index (χ0) is 21.0. The van der Waals surface area contributed by atoms with Gasteiger partial charge in [0.1, 0.15) is 12.7 Å². The van der Waals surface area contributed by atoms with Crippen LogP contribution in [0.1, 0.15) is 0 Å². The fourth-order valence-corrected chi connectivity index (χ4v) is 3.70. The molecule has 0 amide bonds. The van der Waals surface area contributed by atoms with E-state index in [-0.39, 0.29) is 32.5 Å². The highest BCUT2D eigenvalue weighted by atomic mass is 35.5. The number of rotatable bonds is 7. The van der Waals surface area contributed by atoms with Gasteiger partial charge in [0, 0.05) is 5.69 Å². The summed E-state index contributed by atoms with van der Waals surface area (Å²) in [6, 6.07) is 5.90. The topological polar surface area (TPSA) is 128 Å². The van der Waals surface area contributed by atoms with Gasteiger partial charge >= 0.3 is 0 Å². The molecule has 1 aromatic carbocycles. The molecular weight excluding hydrogens is 443 g/mol. The maximum absolute atomic E-state index is 12.6. The minimum atomic E-state index is -3.95. The highest BCUT2D eigenvalue weighted by Gasteiger charge is 2.20. The lowest BCUT2D eigenvalue weighted by Crippen LogP contribution is -2.15. The summed E-state index contributed by atoms with van der Waals surface area (Å²) in [4.78, 5) is 15.5. The summed E-state index contributed by atoms with van der Waals surface area (Å²) in [7, 11) is -1.18. The number of aromatic nitrogens is 4. The molecule has 0 aliphatic heterocycles. The Morgan fingerprint density at radius 3 is 1.90 bits per heavy atom. The van der Waals surface area contributed by atoms with Crippen molar-refractivity contribution in [1.29, 1.82) is 0 Å². The number of methoxy groups -OCH3 is 2. The highest BCUT2D eigenvalue weighted by molar-refractivity contribution is 7.92. The summed E-state index contributed by atoms with van der Waals surface area (Å²) in [5, 5.41) is 3.11. The number of hydrogen-bond acceptors (Lipinski definition) is 9. The van der Waals surface area contributed by atoms with Gasteiger partial charge in [0.15, 0.2) is 33.4 Å². The Kier molecular flexibility index (Phi) is 6.20. The van der Waals surface area contributed by atoms with Crippen LogP contribution < -0.4 is 19.5 Å². The molecule has 0 radical (unpaired) electrons. The van der Waals surface area contributed by atoms with Gasteiger partial charge in [0.2, 0.25) is 0 Å². The van der Waals surface area contributed by atoms with Crippen LogP contribution in [-0.4, -0.2) is 42.6 Å². The molecule has 13 heteroatoms. The maximum atomic E-state index is 12.6. The van der Waals surface area contributed by atoms with Crippen LogP contribution in [0, 0.1) is 0 Å². The van der Waals surface area contributed by atoms with Crippen molar-refractivity contribution in [3.8, 4) is 11.5 Å². The van der Waals surface area contributed by atoms with Gasteiger partial charge in [-0.2, -0.15) is 0 Å². The number of sulfonamides is 1. The van der Waals surface area contributed by atoms with Crippen molar-refractivity contribution in [3.05, 3.63) is 47.2 Å². The first-order valence-corrected chi connectivity index (χ1v) is 10.1. The minimum absolute atomic E-state index is 0.00692. The Labute approximate surface area is 176 Å². The molecule has 152 valence electrons. The van der Waals surface area contributed by atoms with Gasteiger partial charge in [0.05, 0.1) is 19.1 Å². The van der Waals surface area contributed by atoms with Gasteiger partial charge in [0.25, 0.3) is 10.0 Å². The van der Waals surface area contributed by atoms with Gasteiger partial charge in [-0.1, -0.05) is 23.2 Å². The lowest BCUT2D eigenvalue weighted by atomic mass is 10.3. The standard InChI is InChI=1S/C16H14Cl2N6O4S/c1-27-11-13(17)19-7-21-15(11)23-9-3-5-10(6-4-9)29(25,26)24-16-12(28-2)14(18)20-8-22-16/h3-8H,1-2H3,(H,19,21,23)(H,20,22,24). The SMILES string of the molecule is COc1c(Cl)ncnc1Nc1ccc(S(=O)(=O)Nc2ncnc(Cl)c2OC)cc1. The highest BCUT2D eigenvalue weighted by Crippen LogP contribution is 2.32. The van der Waals surface area contributed by atoms with E-state index in [0.29, 0.717) is 11.5 Å². The van der Waals surface area contributed by atoms with E-state index in [1.165, 1.54) is 32.7 Å². The molecule has 0 unspecified atom stereocenters. The average molecular weight is 457 g/mol. The van der Waals surface area contributed by atoms with E-state index in [1.807, 2.05) is 0 Å². The first-order valence-electron chi connectivity index (χ1n) is 7.84. The largest absolute Gasteiger partial charge is 0.490 e. The Bertz CT molecular complexity index is 1130. The van der Waals surface area contributed by atoms with Gasteiger partial charge in [-0.3, -0.25) is 4.72 Å². The zero-order valence-electron chi connectivity index (χ0n) is 15.1. The maximum Gasteiger partial charge on any atom is 0.263 e. The molecule has 0 aliphatic rings. The third-order valence-corrected chi connectivity index (χ3v) is 5.48. The molecule has 0 fully saturated rings. The number of nitrogens with one attached hydrogen (secondary N) is 2. The van der Waals surface area contributed by atoms with Crippen molar-refractivity contribution >= 4 is 50.5 Å². The van der Waals surface area contributed by atoms with E-state index >= 15 is 0 Å². The van der Waals surface area contributed by atoms with E-state index in [9.17, 15) is 8.42 Å². The zero-order valence-corrected chi connectivity index (χ0v) is 17.4. The van der Waals surface area contributed by atoms with Crippen LogP contribution in [0.3, 0.4) is 0 Å². The number of benzene rings is 1. The molecule has 3 rings (SSSR count). The van der Waals surface area contributed by atoms with Crippen molar-refractivity contribution < 1.29 is 17.9 Å². The van der Waals surface area contributed by atoms with E-state index in [1.54, 1.807) is 12.1 Å². The molecule has 2 N–H and O–H groups in total. The third kappa shape index (κ3) is 4.58. The molecule has 2 aromatic heterocycles. The predicted molar refractivity (Wildman–Crippen MR) is 108 cm³/mol. The van der Waals surface area contributed by atoms with Crippen LogP contribution in [0.4, 0.5) is 17.3 Å². The molecule has 0 saturated heterocycles. The van der Waals surface area contributed by atoms with Crippen molar-refractivity contribution in [1.82, 2.24) is 19.9 Å².